The van der Waals surface area contributed by atoms with Gasteiger partial charge in [0, 0.05) is 18.3 Å². The van der Waals surface area contributed by atoms with Crippen molar-refractivity contribution in [2.24, 2.45) is 5.73 Å². The zero-order valence-electron chi connectivity index (χ0n) is 13.4. The molecule has 5 N–H and O–H groups in total. The number of aromatic nitrogens is 2. The molecule has 25 heavy (non-hydrogen) atoms. The second-order valence-electron chi connectivity index (χ2n) is 5.22. The van der Waals surface area contributed by atoms with Crippen molar-refractivity contribution in [3.8, 4) is 0 Å². The topological polar surface area (TPSA) is 139 Å². The van der Waals surface area contributed by atoms with Gasteiger partial charge in [-0.1, -0.05) is 30.3 Å². The van der Waals surface area contributed by atoms with Gasteiger partial charge in [-0.3, -0.25) is 9.59 Å². The molecule has 1 aromatic heterocycles. The summed E-state index contributed by atoms with van der Waals surface area (Å²) in [7, 11) is 0. The minimum atomic E-state index is -0.942. The number of primary amides is 1. The molecule has 132 valence electrons. The van der Waals surface area contributed by atoms with Crippen LogP contribution < -0.4 is 16.4 Å². The number of H-pyrrole nitrogens is 1. The Morgan fingerprint density at radius 3 is 2.64 bits per heavy atom. The van der Waals surface area contributed by atoms with Crippen molar-refractivity contribution in [1.82, 2.24) is 20.6 Å². The lowest BCUT2D eigenvalue weighted by Crippen LogP contribution is -2.49. The van der Waals surface area contributed by atoms with Gasteiger partial charge in [0.05, 0.1) is 12.9 Å². The first-order valence-electron chi connectivity index (χ1n) is 7.55. The molecule has 0 aliphatic carbocycles. The van der Waals surface area contributed by atoms with Gasteiger partial charge in [0.15, 0.2) is 0 Å². The summed E-state index contributed by atoms with van der Waals surface area (Å²) in [6.45, 7) is -0.245. The Kier molecular flexibility index (Phi) is 6.52. The van der Waals surface area contributed by atoms with Gasteiger partial charge in [-0.25, -0.2) is 9.78 Å². The molecule has 1 aromatic carbocycles. The third kappa shape index (κ3) is 6.34. The number of nitrogens with zero attached hydrogens (tertiary/aromatic N) is 1. The zero-order chi connectivity index (χ0) is 18.1. The predicted octanol–water partition coefficient (Wildman–Crippen LogP) is -0.151. The van der Waals surface area contributed by atoms with E-state index in [0.29, 0.717) is 5.69 Å². The van der Waals surface area contributed by atoms with Crippen molar-refractivity contribution < 1.29 is 19.1 Å². The van der Waals surface area contributed by atoms with E-state index in [1.807, 2.05) is 30.3 Å². The van der Waals surface area contributed by atoms with Gasteiger partial charge in [0.1, 0.15) is 12.6 Å². The van der Waals surface area contributed by atoms with Crippen LogP contribution in [-0.2, 0) is 27.4 Å². The average molecular weight is 345 g/mol. The van der Waals surface area contributed by atoms with Crippen molar-refractivity contribution in [1.29, 1.82) is 0 Å². The van der Waals surface area contributed by atoms with E-state index in [1.165, 1.54) is 12.5 Å². The number of nitrogens with one attached hydrogen (secondary N) is 3. The fraction of sp³-hybridized carbons (Fsp3) is 0.250. The Bertz CT molecular complexity index is 703. The lowest BCUT2D eigenvalue weighted by Gasteiger charge is -2.17. The number of nitrogens with two attached hydrogens (primary N) is 1. The van der Waals surface area contributed by atoms with Crippen molar-refractivity contribution in [2.75, 3.05) is 6.54 Å². The van der Waals surface area contributed by atoms with Crippen LogP contribution in [0.4, 0.5) is 4.79 Å². The molecule has 0 aliphatic rings. The van der Waals surface area contributed by atoms with Crippen LogP contribution in [0.3, 0.4) is 0 Å². The van der Waals surface area contributed by atoms with Crippen LogP contribution in [0.25, 0.3) is 0 Å². The lowest BCUT2D eigenvalue weighted by atomic mass is 10.1. The highest BCUT2D eigenvalue weighted by atomic mass is 16.5. The largest absolute Gasteiger partial charge is 0.445 e. The fourth-order valence-corrected chi connectivity index (χ4v) is 2.03. The highest BCUT2D eigenvalue weighted by Crippen LogP contribution is 2.03. The molecule has 0 saturated carbocycles. The van der Waals surface area contributed by atoms with E-state index >= 15 is 0 Å². The number of aromatic amines is 1. The Morgan fingerprint density at radius 2 is 2.00 bits per heavy atom. The molecule has 1 heterocycles. The number of carbonyl (C=O) groups is 3. The van der Waals surface area contributed by atoms with Crippen LogP contribution in [0.1, 0.15) is 11.3 Å². The Morgan fingerprint density at radius 1 is 1.24 bits per heavy atom. The SMILES string of the molecule is NC(=O)CNC(=O)C(Cc1cnc[nH]1)NC(=O)OCc1ccccc1. The molecule has 1 unspecified atom stereocenters. The molecule has 0 bridgehead atoms. The maximum absolute atomic E-state index is 12.2. The minimum Gasteiger partial charge on any atom is -0.445 e. The van der Waals surface area contributed by atoms with Crippen LogP contribution in [0.5, 0.6) is 0 Å². The van der Waals surface area contributed by atoms with Gasteiger partial charge < -0.3 is 26.1 Å². The molecule has 0 saturated heterocycles. The highest BCUT2D eigenvalue weighted by molar-refractivity contribution is 5.89. The number of alkyl carbamates (subject to hydrolysis) is 1. The van der Waals surface area contributed by atoms with E-state index in [-0.39, 0.29) is 19.6 Å². The summed E-state index contributed by atoms with van der Waals surface area (Å²) >= 11 is 0. The van der Waals surface area contributed by atoms with Gasteiger partial charge in [-0.05, 0) is 5.56 Å². The van der Waals surface area contributed by atoms with Crippen LogP contribution in [-0.4, -0.2) is 40.5 Å². The van der Waals surface area contributed by atoms with Crippen molar-refractivity contribution in [3.63, 3.8) is 0 Å². The van der Waals surface area contributed by atoms with Crippen LogP contribution in [0.15, 0.2) is 42.9 Å². The number of ether oxygens (including phenoxy) is 1. The number of carbonyl (C=O) groups excluding carboxylic acids is 3. The molecule has 0 fully saturated rings. The second kappa shape index (κ2) is 9.06. The third-order valence-electron chi connectivity index (χ3n) is 3.24. The van der Waals surface area contributed by atoms with Crippen LogP contribution >= 0.6 is 0 Å². The number of hydrogen-bond acceptors (Lipinski definition) is 5. The van der Waals surface area contributed by atoms with E-state index in [9.17, 15) is 14.4 Å². The molecule has 9 heteroatoms. The van der Waals surface area contributed by atoms with E-state index in [2.05, 4.69) is 20.6 Å². The number of amides is 3. The first kappa shape index (κ1) is 18.0. The predicted molar refractivity (Wildman–Crippen MR) is 88.0 cm³/mol. The summed E-state index contributed by atoms with van der Waals surface area (Å²) < 4.78 is 5.11. The lowest BCUT2D eigenvalue weighted by molar-refractivity contribution is -0.126. The summed E-state index contributed by atoms with van der Waals surface area (Å²) in [6.07, 6.45) is 2.40. The summed E-state index contributed by atoms with van der Waals surface area (Å²) in [5, 5.41) is 4.83. The molecule has 3 amide bonds. The quantitative estimate of drug-likeness (QED) is 0.527. The summed E-state index contributed by atoms with van der Waals surface area (Å²) in [5.74, 6) is -1.23. The van der Waals surface area contributed by atoms with Crippen LogP contribution in [0.2, 0.25) is 0 Å². The molecule has 2 rings (SSSR count). The minimum absolute atomic E-state index is 0.0757. The van der Waals surface area contributed by atoms with Crippen LogP contribution in [0, 0.1) is 0 Å². The van der Waals surface area contributed by atoms with Gasteiger partial charge in [-0.15, -0.1) is 0 Å². The van der Waals surface area contributed by atoms with E-state index < -0.39 is 23.9 Å². The highest BCUT2D eigenvalue weighted by Gasteiger charge is 2.22. The van der Waals surface area contributed by atoms with Crippen molar-refractivity contribution >= 4 is 17.9 Å². The maximum Gasteiger partial charge on any atom is 0.408 e. The van der Waals surface area contributed by atoms with E-state index in [0.717, 1.165) is 5.56 Å². The standard InChI is InChI=1S/C16H19N5O4/c17-14(22)8-19-15(23)13(6-12-7-18-10-20-12)21-16(24)25-9-11-4-2-1-3-5-11/h1-5,7,10,13H,6,8-9H2,(H2,17,22)(H,18,20)(H,19,23)(H,21,24). The monoisotopic (exact) mass is 345 g/mol. The van der Waals surface area contributed by atoms with E-state index in [4.69, 9.17) is 10.5 Å². The summed E-state index contributed by atoms with van der Waals surface area (Å²) in [4.78, 5) is 41.6. The number of rotatable bonds is 8. The van der Waals surface area contributed by atoms with Gasteiger partial charge >= 0.3 is 6.09 Å². The van der Waals surface area contributed by atoms with E-state index in [1.54, 1.807) is 0 Å². The first-order chi connectivity index (χ1) is 12.0. The molecule has 2 aromatic rings. The number of imidazole rings is 1. The molecule has 0 spiro atoms. The third-order valence-corrected chi connectivity index (χ3v) is 3.24. The molecule has 0 aliphatic heterocycles. The van der Waals surface area contributed by atoms with Gasteiger partial charge in [0.2, 0.25) is 11.8 Å². The van der Waals surface area contributed by atoms with Gasteiger partial charge in [0.25, 0.3) is 0 Å². The summed E-state index contributed by atoms with van der Waals surface area (Å²) in [6, 6.07) is 8.20. The Labute approximate surface area is 144 Å². The fourth-order valence-electron chi connectivity index (χ4n) is 2.03. The van der Waals surface area contributed by atoms with Crippen molar-refractivity contribution in [3.05, 3.63) is 54.1 Å². The van der Waals surface area contributed by atoms with Crippen molar-refractivity contribution in [2.45, 2.75) is 19.1 Å². The van der Waals surface area contributed by atoms with Gasteiger partial charge in [-0.2, -0.15) is 0 Å². The molecule has 9 nitrogen and oxygen atoms in total. The first-order valence-corrected chi connectivity index (χ1v) is 7.55. The second-order valence-corrected chi connectivity index (χ2v) is 5.22. The zero-order valence-corrected chi connectivity index (χ0v) is 13.4. The molecule has 1 atom stereocenters. The molecule has 0 radical (unpaired) electrons. The average Bonchev–Trinajstić information content (AvgIpc) is 3.11. The normalized spacial score (nSPS) is 11.4. The molecular formula is C16H19N5O4. The molecular weight excluding hydrogens is 326 g/mol. The Hall–Kier alpha value is -3.36. The number of hydrogen-bond donors (Lipinski definition) is 4. The summed E-state index contributed by atoms with van der Waals surface area (Å²) in [5.41, 5.74) is 6.47. The Balaban J connectivity index is 1.92. The maximum atomic E-state index is 12.2. The smallest absolute Gasteiger partial charge is 0.408 e. The number of benzene rings is 1.